The van der Waals surface area contributed by atoms with E-state index in [-0.39, 0.29) is 11.9 Å². The molecule has 0 saturated heterocycles. The van der Waals surface area contributed by atoms with Gasteiger partial charge in [0.2, 0.25) is 0 Å². The third-order valence-electron chi connectivity index (χ3n) is 3.23. The van der Waals surface area contributed by atoms with Gasteiger partial charge in [-0.2, -0.15) is 0 Å². The van der Waals surface area contributed by atoms with Crippen molar-refractivity contribution in [3.8, 4) is 11.3 Å². The Morgan fingerprint density at radius 2 is 2.10 bits per heavy atom. The van der Waals surface area contributed by atoms with Gasteiger partial charge in [-0.3, -0.25) is 0 Å². The van der Waals surface area contributed by atoms with E-state index >= 15 is 0 Å². The highest BCUT2D eigenvalue weighted by molar-refractivity contribution is 5.62. The van der Waals surface area contributed by atoms with E-state index in [2.05, 4.69) is 5.32 Å². The second-order valence-electron chi connectivity index (χ2n) is 4.99. The SMILES string of the molecule is Cc1c(F)cccc1-c1ccc(CNCC[C@@H](C)O)o1. The van der Waals surface area contributed by atoms with Crippen molar-refractivity contribution in [2.75, 3.05) is 6.54 Å². The fraction of sp³-hybridized carbons (Fsp3) is 0.375. The Bertz CT molecular complexity index is 563. The molecule has 1 heterocycles. The molecule has 0 aliphatic carbocycles. The van der Waals surface area contributed by atoms with Crippen molar-refractivity contribution in [1.82, 2.24) is 5.32 Å². The van der Waals surface area contributed by atoms with Gasteiger partial charge in [0.25, 0.3) is 0 Å². The number of aliphatic hydroxyl groups excluding tert-OH is 1. The molecule has 1 aromatic carbocycles. The van der Waals surface area contributed by atoms with Gasteiger partial charge in [-0.05, 0) is 50.6 Å². The highest BCUT2D eigenvalue weighted by atomic mass is 19.1. The van der Waals surface area contributed by atoms with Crippen LogP contribution >= 0.6 is 0 Å². The lowest BCUT2D eigenvalue weighted by atomic mass is 10.1. The van der Waals surface area contributed by atoms with Crippen LogP contribution in [-0.4, -0.2) is 17.8 Å². The first kappa shape index (κ1) is 14.8. The van der Waals surface area contributed by atoms with Gasteiger partial charge in [0.1, 0.15) is 17.3 Å². The molecular weight excluding hydrogens is 257 g/mol. The molecule has 0 bridgehead atoms. The van der Waals surface area contributed by atoms with Crippen molar-refractivity contribution in [1.29, 1.82) is 0 Å². The van der Waals surface area contributed by atoms with E-state index in [0.29, 0.717) is 24.3 Å². The Kier molecular flexibility index (Phi) is 4.93. The molecule has 0 fully saturated rings. The van der Waals surface area contributed by atoms with Gasteiger partial charge in [-0.1, -0.05) is 12.1 Å². The maximum Gasteiger partial charge on any atom is 0.134 e. The average Bonchev–Trinajstić information content (AvgIpc) is 2.86. The van der Waals surface area contributed by atoms with E-state index in [1.165, 1.54) is 6.07 Å². The second kappa shape index (κ2) is 6.68. The smallest absolute Gasteiger partial charge is 0.134 e. The van der Waals surface area contributed by atoms with Crippen molar-refractivity contribution >= 4 is 0 Å². The third-order valence-corrected chi connectivity index (χ3v) is 3.23. The molecule has 0 amide bonds. The van der Waals surface area contributed by atoms with E-state index in [0.717, 1.165) is 17.9 Å². The lowest BCUT2D eigenvalue weighted by molar-refractivity contribution is 0.183. The van der Waals surface area contributed by atoms with Crippen LogP contribution in [0.25, 0.3) is 11.3 Å². The first-order valence-corrected chi connectivity index (χ1v) is 6.81. The molecule has 1 atom stereocenters. The summed E-state index contributed by atoms with van der Waals surface area (Å²) in [6.07, 6.45) is 0.404. The Balaban J connectivity index is 2.00. The van der Waals surface area contributed by atoms with Crippen LogP contribution in [0.15, 0.2) is 34.7 Å². The quantitative estimate of drug-likeness (QED) is 0.797. The molecule has 0 spiro atoms. The van der Waals surface area contributed by atoms with Gasteiger partial charge in [0, 0.05) is 5.56 Å². The molecule has 0 aliphatic rings. The number of halogens is 1. The van der Waals surface area contributed by atoms with Crippen LogP contribution in [0, 0.1) is 12.7 Å². The van der Waals surface area contributed by atoms with Gasteiger partial charge < -0.3 is 14.8 Å². The van der Waals surface area contributed by atoms with Gasteiger partial charge in [0.05, 0.1) is 12.6 Å². The van der Waals surface area contributed by atoms with Crippen molar-refractivity contribution in [2.45, 2.75) is 32.9 Å². The van der Waals surface area contributed by atoms with Crippen LogP contribution in [0.1, 0.15) is 24.7 Å². The molecule has 0 aliphatic heterocycles. The standard InChI is InChI=1S/C16H20FNO2/c1-11(19)8-9-18-10-13-6-7-16(20-13)14-4-3-5-15(17)12(14)2/h3-7,11,18-19H,8-10H2,1-2H3/t11-/m1/s1. The first-order chi connectivity index (χ1) is 9.58. The van der Waals surface area contributed by atoms with Crippen molar-refractivity contribution in [3.63, 3.8) is 0 Å². The summed E-state index contributed by atoms with van der Waals surface area (Å²) < 4.78 is 19.2. The van der Waals surface area contributed by atoms with Crippen molar-refractivity contribution < 1.29 is 13.9 Å². The summed E-state index contributed by atoms with van der Waals surface area (Å²) in [5, 5.41) is 12.4. The number of furan rings is 1. The van der Waals surface area contributed by atoms with Crippen molar-refractivity contribution in [2.24, 2.45) is 0 Å². The maximum absolute atomic E-state index is 13.5. The number of hydrogen-bond acceptors (Lipinski definition) is 3. The van der Waals surface area contributed by atoms with Crippen molar-refractivity contribution in [3.05, 3.63) is 47.5 Å². The van der Waals surface area contributed by atoms with Crippen LogP contribution in [0.4, 0.5) is 4.39 Å². The number of aliphatic hydroxyl groups is 1. The molecule has 20 heavy (non-hydrogen) atoms. The average molecular weight is 277 g/mol. The van der Waals surface area contributed by atoms with E-state index in [9.17, 15) is 4.39 Å². The lowest BCUT2D eigenvalue weighted by Gasteiger charge is -2.05. The summed E-state index contributed by atoms with van der Waals surface area (Å²) in [4.78, 5) is 0. The fourth-order valence-corrected chi connectivity index (χ4v) is 2.01. The predicted molar refractivity (Wildman–Crippen MR) is 76.8 cm³/mol. The minimum atomic E-state index is -0.301. The highest BCUT2D eigenvalue weighted by Gasteiger charge is 2.10. The molecular formula is C16H20FNO2. The van der Waals surface area contributed by atoms with Crippen LogP contribution in [0.3, 0.4) is 0 Å². The summed E-state index contributed by atoms with van der Waals surface area (Å²) in [7, 11) is 0. The zero-order valence-corrected chi connectivity index (χ0v) is 11.8. The summed E-state index contributed by atoms with van der Waals surface area (Å²) >= 11 is 0. The fourth-order valence-electron chi connectivity index (χ4n) is 2.01. The van der Waals surface area contributed by atoms with E-state index in [1.807, 2.05) is 18.2 Å². The normalized spacial score (nSPS) is 12.6. The number of benzene rings is 1. The van der Waals surface area contributed by atoms with Gasteiger partial charge in [-0.25, -0.2) is 4.39 Å². The number of nitrogens with one attached hydrogen (secondary N) is 1. The topological polar surface area (TPSA) is 45.4 Å². The summed E-state index contributed by atoms with van der Waals surface area (Å²) in [6.45, 7) is 4.83. The van der Waals surface area contributed by atoms with E-state index in [1.54, 1.807) is 19.9 Å². The molecule has 1 aromatic heterocycles. The second-order valence-corrected chi connectivity index (χ2v) is 4.99. The first-order valence-electron chi connectivity index (χ1n) is 6.81. The number of rotatable bonds is 6. The molecule has 4 heteroatoms. The van der Waals surface area contributed by atoms with Crippen LogP contribution in [-0.2, 0) is 6.54 Å². The van der Waals surface area contributed by atoms with E-state index < -0.39 is 0 Å². The summed E-state index contributed by atoms with van der Waals surface area (Å²) in [6, 6.07) is 8.71. The zero-order chi connectivity index (χ0) is 14.5. The maximum atomic E-state index is 13.5. The minimum Gasteiger partial charge on any atom is -0.460 e. The van der Waals surface area contributed by atoms with Crippen LogP contribution < -0.4 is 5.32 Å². The van der Waals surface area contributed by atoms with Gasteiger partial charge >= 0.3 is 0 Å². The summed E-state index contributed by atoms with van der Waals surface area (Å²) in [5.41, 5.74) is 1.37. The lowest BCUT2D eigenvalue weighted by Crippen LogP contribution is -2.18. The van der Waals surface area contributed by atoms with Crippen LogP contribution in [0.2, 0.25) is 0 Å². The molecule has 2 N–H and O–H groups in total. The largest absolute Gasteiger partial charge is 0.460 e. The van der Waals surface area contributed by atoms with Gasteiger partial charge in [0.15, 0.2) is 0 Å². The molecule has 0 unspecified atom stereocenters. The molecule has 0 saturated carbocycles. The third kappa shape index (κ3) is 3.68. The Hall–Kier alpha value is -1.65. The summed E-state index contributed by atoms with van der Waals surface area (Å²) in [5.74, 6) is 1.25. The highest BCUT2D eigenvalue weighted by Crippen LogP contribution is 2.26. The monoisotopic (exact) mass is 277 g/mol. The van der Waals surface area contributed by atoms with Gasteiger partial charge in [-0.15, -0.1) is 0 Å². The molecule has 108 valence electrons. The molecule has 2 rings (SSSR count). The Labute approximate surface area is 118 Å². The Morgan fingerprint density at radius 3 is 2.85 bits per heavy atom. The zero-order valence-electron chi connectivity index (χ0n) is 11.8. The predicted octanol–water partition coefficient (Wildman–Crippen LogP) is 3.25. The molecule has 3 nitrogen and oxygen atoms in total. The Morgan fingerprint density at radius 1 is 1.30 bits per heavy atom. The minimum absolute atomic E-state index is 0.226. The number of hydrogen-bond donors (Lipinski definition) is 2. The van der Waals surface area contributed by atoms with Crippen LogP contribution in [0.5, 0.6) is 0 Å². The molecule has 2 aromatic rings. The van der Waals surface area contributed by atoms with E-state index in [4.69, 9.17) is 9.52 Å². The molecule has 0 radical (unpaired) electrons.